The van der Waals surface area contributed by atoms with Crippen LogP contribution in [0, 0.1) is 0 Å². The van der Waals surface area contributed by atoms with E-state index in [9.17, 15) is 5.11 Å². The summed E-state index contributed by atoms with van der Waals surface area (Å²) in [5, 5.41) is 15.2. The zero-order valence-electron chi connectivity index (χ0n) is 10.5. The Balaban J connectivity index is 1.74. The minimum Gasteiger partial charge on any atom is -0.387 e. The van der Waals surface area contributed by atoms with Gasteiger partial charge in [0, 0.05) is 32.1 Å². The molecule has 3 aromatic rings. The summed E-state index contributed by atoms with van der Waals surface area (Å²) in [5.41, 5.74) is 2.09. The van der Waals surface area contributed by atoms with Gasteiger partial charge in [-0.2, -0.15) is 0 Å². The molecular formula is C15H12BrNOS2. The summed E-state index contributed by atoms with van der Waals surface area (Å²) >= 11 is 6.56. The molecule has 0 saturated carbocycles. The summed E-state index contributed by atoms with van der Waals surface area (Å²) in [4.78, 5) is 5.57. The van der Waals surface area contributed by atoms with E-state index in [0.717, 1.165) is 25.6 Å². The quantitative estimate of drug-likeness (QED) is 0.712. The van der Waals surface area contributed by atoms with Gasteiger partial charge in [-0.15, -0.1) is 22.7 Å². The number of rotatable bonds is 4. The number of halogens is 1. The van der Waals surface area contributed by atoms with Gasteiger partial charge in [-0.25, -0.2) is 4.98 Å². The lowest BCUT2D eigenvalue weighted by Crippen LogP contribution is -1.99. The van der Waals surface area contributed by atoms with Gasteiger partial charge in [0.05, 0.1) is 16.8 Å². The largest absolute Gasteiger partial charge is 0.387 e. The Morgan fingerprint density at radius 2 is 1.95 bits per heavy atom. The van der Waals surface area contributed by atoms with Gasteiger partial charge >= 0.3 is 0 Å². The Kier molecular flexibility index (Phi) is 4.31. The fourth-order valence-electron chi connectivity index (χ4n) is 1.92. The van der Waals surface area contributed by atoms with Gasteiger partial charge in [0.1, 0.15) is 0 Å². The van der Waals surface area contributed by atoms with E-state index in [1.165, 1.54) is 0 Å². The summed E-state index contributed by atoms with van der Waals surface area (Å²) < 4.78 is 1.01. The van der Waals surface area contributed by atoms with Crippen LogP contribution in [0.25, 0.3) is 11.3 Å². The third-order valence-electron chi connectivity index (χ3n) is 2.91. The minimum absolute atomic E-state index is 0.485. The maximum Gasteiger partial charge on any atom is 0.0962 e. The van der Waals surface area contributed by atoms with Crippen molar-refractivity contribution in [3.05, 3.63) is 61.5 Å². The second-order valence-corrected chi connectivity index (χ2v) is 7.18. The van der Waals surface area contributed by atoms with Gasteiger partial charge in [-0.05, 0) is 22.0 Å². The van der Waals surface area contributed by atoms with Crippen LogP contribution in [0.2, 0.25) is 0 Å². The molecule has 20 heavy (non-hydrogen) atoms. The molecule has 0 bridgehead atoms. The molecule has 1 N–H and O–H groups in total. The second kappa shape index (κ2) is 6.18. The van der Waals surface area contributed by atoms with Crippen LogP contribution in [-0.2, 0) is 6.42 Å². The molecule has 0 saturated heterocycles. The molecule has 5 heteroatoms. The summed E-state index contributed by atoms with van der Waals surface area (Å²) in [6.45, 7) is 0. The third-order valence-corrected chi connectivity index (χ3v) is 5.57. The Morgan fingerprint density at radius 1 is 1.15 bits per heavy atom. The summed E-state index contributed by atoms with van der Waals surface area (Å²) in [6, 6.07) is 12.1. The van der Waals surface area contributed by atoms with Gasteiger partial charge in [-0.3, -0.25) is 0 Å². The highest BCUT2D eigenvalue weighted by Crippen LogP contribution is 2.29. The lowest BCUT2D eigenvalue weighted by molar-refractivity contribution is 0.182. The Bertz CT molecular complexity index is 693. The highest BCUT2D eigenvalue weighted by Gasteiger charge is 2.13. The molecule has 0 spiro atoms. The molecule has 0 aliphatic heterocycles. The monoisotopic (exact) mass is 365 g/mol. The molecule has 3 rings (SSSR count). The highest BCUT2D eigenvalue weighted by molar-refractivity contribution is 9.10. The number of nitrogens with zero attached hydrogens (tertiary/aromatic N) is 1. The van der Waals surface area contributed by atoms with Crippen LogP contribution in [0.1, 0.15) is 16.0 Å². The Labute approximate surface area is 133 Å². The summed E-state index contributed by atoms with van der Waals surface area (Å²) in [5.74, 6) is 0. The summed E-state index contributed by atoms with van der Waals surface area (Å²) in [7, 11) is 0. The van der Waals surface area contributed by atoms with Crippen LogP contribution >= 0.6 is 38.6 Å². The van der Waals surface area contributed by atoms with E-state index in [0.29, 0.717) is 6.42 Å². The summed E-state index contributed by atoms with van der Waals surface area (Å²) in [6.07, 6.45) is 0.0749. The molecule has 1 aromatic carbocycles. The van der Waals surface area contributed by atoms with Crippen molar-refractivity contribution in [1.82, 2.24) is 4.98 Å². The smallest absolute Gasteiger partial charge is 0.0962 e. The van der Waals surface area contributed by atoms with E-state index in [1.807, 2.05) is 47.2 Å². The molecule has 1 unspecified atom stereocenters. The number of hydrogen-bond donors (Lipinski definition) is 1. The van der Waals surface area contributed by atoms with Crippen molar-refractivity contribution in [2.45, 2.75) is 12.5 Å². The number of thiazole rings is 1. The first-order chi connectivity index (χ1) is 9.72. The first-order valence-corrected chi connectivity index (χ1v) is 8.69. The van der Waals surface area contributed by atoms with Crippen LogP contribution in [0.15, 0.2) is 51.6 Å². The van der Waals surface area contributed by atoms with Crippen molar-refractivity contribution in [3.8, 4) is 11.3 Å². The normalized spacial score (nSPS) is 12.5. The topological polar surface area (TPSA) is 33.1 Å². The highest BCUT2D eigenvalue weighted by atomic mass is 79.9. The van der Waals surface area contributed by atoms with Gasteiger partial charge in [0.15, 0.2) is 0 Å². The molecule has 0 fully saturated rings. The SMILES string of the molecule is OC(Cc1nc(-c2ccccc2)cs1)c1cc(Br)cs1. The van der Waals surface area contributed by atoms with Crippen LogP contribution in [0.3, 0.4) is 0 Å². The molecule has 2 nitrogen and oxygen atoms in total. The molecule has 1 atom stereocenters. The van der Waals surface area contributed by atoms with E-state index in [4.69, 9.17) is 0 Å². The van der Waals surface area contributed by atoms with Crippen molar-refractivity contribution in [2.75, 3.05) is 0 Å². The van der Waals surface area contributed by atoms with Crippen LogP contribution in [0.5, 0.6) is 0 Å². The van der Waals surface area contributed by atoms with Gasteiger partial charge in [0.25, 0.3) is 0 Å². The fourth-order valence-corrected chi connectivity index (χ4v) is 4.19. The minimum atomic E-state index is -0.485. The Hall–Kier alpha value is -1.01. The van der Waals surface area contributed by atoms with E-state index in [2.05, 4.69) is 20.9 Å². The van der Waals surface area contributed by atoms with Crippen molar-refractivity contribution >= 4 is 38.6 Å². The fraction of sp³-hybridized carbons (Fsp3) is 0.133. The van der Waals surface area contributed by atoms with Crippen molar-refractivity contribution in [2.24, 2.45) is 0 Å². The first kappa shape index (κ1) is 13.9. The number of aromatic nitrogens is 1. The van der Waals surface area contributed by atoms with Gasteiger partial charge < -0.3 is 5.11 Å². The van der Waals surface area contributed by atoms with Crippen molar-refractivity contribution in [3.63, 3.8) is 0 Å². The molecule has 0 aliphatic rings. The zero-order chi connectivity index (χ0) is 13.9. The van der Waals surface area contributed by atoms with Crippen molar-refractivity contribution in [1.29, 1.82) is 0 Å². The predicted molar refractivity (Wildman–Crippen MR) is 88.2 cm³/mol. The molecule has 0 amide bonds. The molecular weight excluding hydrogens is 354 g/mol. The number of aliphatic hydroxyl groups is 1. The molecule has 102 valence electrons. The van der Waals surface area contributed by atoms with E-state index in [-0.39, 0.29) is 0 Å². The zero-order valence-corrected chi connectivity index (χ0v) is 13.7. The lowest BCUT2D eigenvalue weighted by Gasteiger charge is -2.05. The van der Waals surface area contributed by atoms with Gasteiger partial charge in [0.2, 0.25) is 0 Å². The number of benzene rings is 1. The standard InChI is InChI=1S/C15H12BrNOS2/c16-11-6-14(19-8-11)13(18)7-15-17-12(9-20-15)10-4-2-1-3-5-10/h1-6,8-9,13,18H,7H2. The number of hydrogen-bond acceptors (Lipinski definition) is 4. The van der Waals surface area contributed by atoms with Crippen molar-refractivity contribution < 1.29 is 5.11 Å². The molecule has 0 radical (unpaired) electrons. The third kappa shape index (κ3) is 3.17. The molecule has 2 heterocycles. The van der Waals surface area contributed by atoms with E-state index < -0.39 is 6.10 Å². The molecule has 0 aliphatic carbocycles. The predicted octanol–water partition coefficient (Wildman–Crippen LogP) is 4.91. The average Bonchev–Trinajstić information content (AvgIpc) is 3.09. The lowest BCUT2D eigenvalue weighted by atomic mass is 10.2. The molecule has 2 aromatic heterocycles. The van der Waals surface area contributed by atoms with Crippen LogP contribution in [-0.4, -0.2) is 10.1 Å². The number of thiophene rings is 1. The van der Waals surface area contributed by atoms with Crippen LogP contribution < -0.4 is 0 Å². The average molecular weight is 366 g/mol. The first-order valence-electron chi connectivity index (χ1n) is 6.14. The Morgan fingerprint density at radius 3 is 2.65 bits per heavy atom. The van der Waals surface area contributed by atoms with Gasteiger partial charge in [-0.1, -0.05) is 30.3 Å². The van der Waals surface area contributed by atoms with Crippen LogP contribution in [0.4, 0.5) is 0 Å². The second-order valence-electron chi connectivity index (χ2n) is 4.38. The maximum absolute atomic E-state index is 10.2. The maximum atomic E-state index is 10.2. The van der Waals surface area contributed by atoms with E-state index in [1.54, 1.807) is 22.7 Å². The van der Waals surface area contributed by atoms with E-state index >= 15 is 0 Å². The number of aliphatic hydroxyl groups excluding tert-OH is 1.